The van der Waals surface area contributed by atoms with Crippen molar-refractivity contribution in [1.82, 2.24) is 15.5 Å². The van der Waals surface area contributed by atoms with Gasteiger partial charge in [-0.2, -0.15) is 0 Å². The van der Waals surface area contributed by atoms with Crippen molar-refractivity contribution in [3.05, 3.63) is 28.8 Å². The number of benzene rings is 1. The molecule has 0 saturated carbocycles. The molecule has 3 amide bonds. The van der Waals surface area contributed by atoms with E-state index in [1.165, 1.54) is 0 Å². The van der Waals surface area contributed by atoms with Crippen LogP contribution in [0.4, 0.5) is 4.79 Å². The van der Waals surface area contributed by atoms with Gasteiger partial charge in [-0.15, -0.1) is 0 Å². The zero-order valence-corrected chi connectivity index (χ0v) is 15.4. The zero-order valence-electron chi connectivity index (χ0n) is 15.4. The summed E-state index contributed by atoms with van der Waals surface area (Å²) < 4.78 is 5.65. The predicted molar refractivity (Wildman–Crippen MR) is 95.5 cm³/mol. The quantitative estimate of drug-likeness (QED) is 0.715. The number of carbonyl (C=O) groups is 2. The summed E-state index contributed by atoms with van der Waals surface area (Å²) in [5.74, 6) is 0.562. The van der Waals surface area contributed by atoms with Crippen LogP contribution in [-0.4, -0.2) is 49.6 Å². The summed E-state index contributed by atoms with van der Waals surface area (Å²) in [7, 11) is 0. The van der Waals surface area contributed by atoms with E-state index >= 15 is 0 Å². The van der Waals surface area contributed by atoms with Gasteiger partial charge in [0.2, 0.25) is 0 Å². The second kappa shape index (κ2) is 9.80. The van der Waals surface area contributed by atoms with Gasteiger partial charge in [0, 0.05) is 26.2 Å². The number of amides is 3. The maximum absolute atomic E-state index is 11.9. The van der Waals surface area contributed by atoms with E-state index < -0.39 is 0 Å². The summed E-state index contributed by atoms with van der Waals surface area (Å²) in [6.45, 7) is 11.9. The molecule has 24 heavy (non-hydrogen) atoms. The van der Waals surface area contributed by atoms with Crippen molar-refractivity contribution in [2.24, 2.45) is 0 Å². The van der Waals surface area contributed by atoms with Crippen LogP contribution >= 0.6 is 0 Å². The van der Waals surface area contributed by atoms with Crippen LogP contribution in [0.2, 0.25) is 0 Å². The first kappa shape index (κ1) is 19.8. The molecule has 2 N–H and O–H groups in total. The zero-order chi connectivity index (χ0) is 18.1. The van der Waals surface area contributed by atoms with Gasteiger partial charge in [0.25, 0.3) is 5.91 Å². The number of ether oxygens (including phenoxy) is 1. The Balaban J connectivity index is 2.33. The minimum absolute atomic E-state index is 0.0326. The molecule has 6 nitrogen and oxygen atoms in total. The molecule has 0 bridgehead atoms. The Morgan fingerprint density at radius 2 is 1.58 bits per heavy atom. The minimum atomic E-state index is -0.201. The first-order valence-electron chi connectivity index (χ1n) is 8.39. The van der Waals surface area contributed by atoms with Crippen molar-refractivity contribution >= 4 is 11.9 Å². The van der Waals surface area contributed by atoms with Crippen molar-refractivity contribution < 1.29 is 14.3 Å². The Bertz CT molecular complexity index is 569. The van der Waals surface area contributed by atoms with Crippen LogP contribution in [0.5, 0.6) is 5.75 Å². The third-order valence-corrected chi connectivity index (χ3v) is 4.00. The summed E-state index contributed by atoms with van der Waals surface area (Å²) in [5.41, 5.74) is 3.20. The fourth-order valence-electron chi connectivity index (χ4n) is 2.33. The Morgan fingerprint density at radius 3 is 2.21 bits per heavy atom. The van der Waals surface area contributed by atoms with Gasteiger partial charge in [0.15, 0.2) is 6.61 Å². The molecular formula is C18H29N3O3. The lowest BCUT2D eigenvalue weighted by atomic mass is 10.1. The third-order valence-electron chi connectivity index (χ3n) is 4.00. The summed E-state index contributed by atoms with van der Waals surface area (Å²) in [4.78, 5) is 25.3. The summed E-state index contributed by atoms with van der Waals surface area (Å²) in [6.07, 6.45) is 0. The molecule has 0 fully saturated rings. The number of nitrogens with one attached hydrogen (secondary N) is 2. The van der Waals surface area contributed by atoms with E-state index in [0.29, 0.717) is 26.2 Å². The van der Waals surface area contributed by atoms with Crippen LogP contribution in [-0.2, 0) is 4.79 Å². The second-order valence-electron chi connectivity index (χ2n) is 5.70. The van der Waals surface area contributed by atoms with Gasteiger partial charge >= 0.3 is 6.03 Å². The maximum Gasteiger partial charge on any atom is 0.317 e. The summed E-state index contributed by atoms with van der Waals surface area (Å²) >= 11 is 0. The highest BCUT2D eigenvalue weighted by Gasteiger charge is 2.10. The largest absolute Gasteiger partial charge is 0.483 e. The molecule has 0 aliphatic carbocycles. The molecular weight excluding hydrogens is 306 g/mol. The molecule has 0 atom stereocenters. The number of nitrogens with zero attached hydrogens (tertiary/aromatic N) is 1. The minimum Gasteiger partial charge on any atom is -0.483 e. The summed E-state index contributed by atoms with van der Waals surface area (Å²) in [5, 5.41) is 5.51. The fraction of sp³-hybridized carbons (Fsp3) is 0.556. The number of urea groups is 1. The lowest BCUT2D eigenvalue weighted by Gasteiger charge is -2.19. The standard InChI is InChI=1S/C18H29N3O3/c1-6-21(7-2)18(23)20-11-10-19-16(22)12-24-17-14(4)9-8-13(3)15(17)5/h8-9H,6-7,10-12H2,1-5H3,(H,19,22)(H,20,23). The molecule has 134 valence electrons. The van der Waals surface area contributed by atoms with Gasteiger partial charge in [-0.3, -0.25) is 4.79 Å². The normalized spacial score (nSPS) is 10.2. The molecule has 0 spiro atoms. The van der Waals surface area contributed by atoms with E-state index in [1.807, 2.05) is 46.8 Å². The van der Waals surface area contributed by atoms with E-state index in [0.717, 1.165) is 22.4 Å². The van der Waals surface area contributed by atoms with E-state index in [4.69, 9.17) is 4.74 Å². The Labute approximate surface area is 144 Å². The Morgan fingerprint density at radius 1 is 1.00 bits per heavy atom. The maximum atomic E-state index is 11.9. The average Bonchev–Trinajstić information content (AvgIpc) is 2.56. The van der Waals surface area contributed by atoms with Gasteiger partial charge < -0.3 is 20.3 Å². The van der Waals surface area contributed by atoms with Gasteiger partial charge in [-0.1, -0.05) is 12.1 Å². The van der Waals surface area contributed by atoms with Gasteiger partial charge in [0.05, 0.1) is 0 Å². The van der Waals surface area contributed by atoms with E-state index in [1.54, 1.807) is 4.90 Å². The average molecular weight is 335 g/mol. The highest BCUT2D eigenvalue weighted by atomic mass is 16.5. The van der Waals surface area contributed by atoms with Crippen LogP contribution in [0, 0.1) is 20.8 Å². The molecule has 0 unspecified atom stereocenters. The number of carbonyl (C=O) groups excluding carboxylic acids is 2. The molecule has 6 heteroatoms. The lowest BCUT2D eigenvalue weighted by molar-refractivity contribution is -0.123. The molecule has 0 radical (unpaired) electrons. The van der Waals surface area contributed by atoms with Gasteiger partial charge in [0.1, 0.15) is 5.75 Å². The van der Waals surface area contributed by atoms with Crippen molar-refractivity contribution in [3.63, 3.8) is 0 Å². The molecule has 1 aromatic rings. The first-order valence-corrected chi connectivity index (χ1v) is 8.39. The number of hydrogen-bond acceptors (Lipinski definition) is 3. The Kier molecular flexibility index (Phi) is 8.09. The van der Waals surface area contributed by atoms with Crippen LogP contribution in [0.1, 0.15) is 30.5 Å². The smallest absolute Gasteiger partial charge is 0.317 e. The SMILES string of the molecule is CCN(CC)C(=O)NCCNC(=O)COc1c(C)ccc(C)c1C. The Hall–Kier alpha value is -2.24. The van der Waals surface area contributed by atoms with E-state index in [9.17, 15) is 9.59 Å². The number of rotatable bonds is 8. The third kappa shape index (κ3) is 5.76. The number of hydrogen-bond donors (Lipinski definition) is 2. The van der Waals surface area contributed by atoms with Crippen LogP contribution < -0.4 is 15.4 Å². The van der Waals surface area contributed by atoms with Gasteiger partial charge in [-0.05, 0) is 51.3 Å². The monoisotopic (exact) mass is 335 g/mol. The van der Waals surface area contributed by atoms with Gasteiger partial charge in [-0.25, -0.2) is 4.79 Å². The second-order valence-corrected chi connectivity index (χ2v) is 5.70. The molecule has 1 aromatic carbocycles. The summed E-state index contributed by atoms with van der Waals surface area (Å²) in [6, 6.07) is 3.91. The molecule has 0 aromatic heterocycles. The lowest BCUT2D eigenvalue weighted by Crippen LogP contribution is -2.43. The van der Waals surface area contributed by atoms with Crippen molar-refractivity contribution in [2.75, 3.05) is 32.8 Å². The van der Waals surface area contributed by atoms with Crippen molar-refractivity contribution in [3.8, 4) is 5.75 Å². The van der Waals surface area contributed by atoms with Crippen LogP contribution in [0.3, 0.4) is 0 Å². The predicted octanol–water partition coefficient (Wildman–Crippen LogP) is 2.16. The van der Waals surface area contributed by atoms with Crippen molar-refractivity contribution in [1.29, 1.82) is 0 Å². The molecule has 0 aliphatic heterocycles. The van der Waals surface area contributed by atoms with Crippen LogP contribution in [0.25, 0.3) is 0 Å². The van der Waals surface area contributed by atoms with Crippen LogP contribution in [0.15, 0.2) is 12.1 Å². The molecule has 0 aliphatic rings. The molecule has 1 rings (SSSR count). The van der Waals surface area contributed by atoms with E-state index in [-0.39, 0.29) is 18.5 Å². The first-order chi connectivity index (χ1) is 11.4. The topological polar surface area (TPSA) is 70.7 Å². The highest BCUT2D eigenvalue weighted by molar-refractivity contribution is 5.78. The fourth-order valence-corrected chi connectivity index (χ4v) is 2.33. The van der Waals surface area contributed by atoms with Crippen molar-refractivity contribution in [2.45, 2.75) is 34.6 Å². The highest BCUT2D eigenvalue weighted by Crippen LogP contribution is 2.25. The van der Waals surface area contributed by atoms with E-state index in [2.05, 4.69) is 10.6 Å². The molecule has 0 heterocycles. The number of aryl methyl sites for hydroxylation is 2. The molecule has 0 saturated heterocycles.